The van der Waals surface area contributed by atoms with Crippen molar-refractivity contribution in [1.82, 2.24) is 0 Å². The third-order valence-electron chi connectivity index (χ3n) is 9.28. The molecule has 0 aliphatic heterocycles. The van der Waals surface area contributed by atoms with Crippen molar-refractivity contribution in [2.24, 2.45) is 34.5 Å². The molecule has 4 saturated carbocycles. The summed E-state index contributed by atoms with van der Waals surface area (Å²) >= 11 is 0. The molecule has 7 atom stereocenters. The average Bonchev–Trinajstić information content (AvgIpc) is 2.79. The molecule has 0 spiro atoms. The van der Waals surface area contributed by atoms with Gasteiger partial charge < -0.3 is 5.11 Å². The number of hydrogen-bond acceptors (Lipinski definition) is 2. The Bertz CT molecular complexity index is 524. The van der Waals surface area contributed by atoms with Crippen LogP contribution in [0.2, 0.25) is 0 Å². The number of fused-ring (bicyclic) bond motifs is 5. The van der Waals surface area contributed by atoms with Crippen LogP contribution in [0.25, 0.3) is 0 Å². The first-order valence-corrected chi connectivity index (χ1v) is 10.0. The van der Waals surface area contributed by atoms with Gasteiger partial charge in [0.2, 0.25) is 0 Å². The van der Waals surface area contributed by atoms with Gasteiger partial charge in [-0.1, -0.05) is 26.7 Å². The molecule has 4 rings (SSSR count). The van der Waals surface area contributed by atoms with E-state index in [1.807, 2.05) is 0 Å². The lowest BCUT2D eigenvalue weighted by Gasteiger charge is -2.61. The van der Waals surface area contributed by atoms with E-state index in [9.17, 15) is 10.4 Å². The van der Waals surface area contributed by atoms with Gasteiger partial charge in [0.15, 0.2) is 0 Å². The van der Waals surface area contributed by atoms with E-state index in [4.69, 9.17) is 0 Å². The molecule has 0 saturated heterocycles. The van der Waals surface area contributed by atoms with E-state index in [-0.39, 0.29) is 5.41 Å². The number of nitriles is 1. The molecule has 4 fully saturated rings. The molecule has 0 aromatic rings. The zero-order chi connectivity index (χ0) is 16.3. The third kappa shape index (κ3) is 2.02. The van der Waals surface area contributed by atoms with Crippen LogP contribution in [-0.4, -0.2) is 10.7 Å². The molecule has 0 aromatic carbocycles. The van der Waals surface area contributed by atoms with Gasteiger partial charge in [-0.25, -0.2) is 0 Å². The van der Waals surface area contributed by atoms with E-state index in [0.29, 0.717) is 17.8 Å². The van der Waals surface area contributed by atoms with Crippen LogP contribution in [0.1, 0.15) is 84.5 Å². The smallest absolute Gasteiger partial charge is 0.0833 e. The Balaban J connectivity index is 1.64. The van der Waals surface area contributed by atoms with E-state index in [1.54, 1.807) is 0 Å². The van der Waals surface area contributed by atoms with Gasteiger partial charge in [-0.05, 0) is 80.5 Å². The monoisotopic (exact) mass is 315 g/mol. The molecule has 0 unspecified atom stereocenters. The summed E-state index contributed by atoms with van der Waals surface area (Å²) in [4.78, 5) is 0. The summed E-state index contributed by atoms with van der Waals surface area (Å²) in [5.74, 6) is 3.30. The number of rotatable bonds is 1. The second kappa shape index (κ2) is 5.22. The lowest BCUT2D eigenvalue weighted by Crippen LogP contribution is -2.56. The fraction of sp³-hybridized carbons (Fsp3) is 0.952. The summed E-state index contributed by atoms with van der Waals surface area (Å²) in [6.07, 6.45) is 13.3. The van der Waals surface area contributed by atoms with E-state index in [0.717, 1.165) is 37.0 Å². The Morgan fingerprint density at radius 1 is 0.957 bits per heavy atom. The van der Waals surface area contributed by atoms with Crippen molar-refractivity contribution < 1.29 is 5.11 Å². The first-order chi connectivity index (χ1) is 10.9. The van der Waals surface area contributed by atoms with E-state index < -0.39 is 5.60 Å². The highest BCUT2D eigenvalue weighted by molar-refractivity contribution is 5.15. The van der Waals surface area contributed by atoms with E-state index in [1.165, 1.54) is 44.9 Å². The van der Waals surface area contributed by atoms with Gasteiger partial charge in [0, 0.05) is 5.41 Å². The van der Waals surface area contributed by atoms with E-state index in [2.05, 4.69) is 19.9 Å². The molecule has 1 N–H and O–H groups in total. The van der Waals surface area contributed by atoms with Crippen molar-refractivity contribution in [1.29, 1.82) is 5.26 Å². The first-order valence-electron chi connectivity index (χ1n) is 10.0. The maximum Gasteiger partial charge on any atom is 0.0833 e. The molecule has 0 heterocycles. The minimum absolute atomic E-state index is 0.0121. The predicted molar refractivity (Wildman–Crippen MR) is 91.5 cm³/mol. The number of aliphatic hydroxyl groups is 1. The van der Waals surface area contributed by atoms with Crippen molar-refractivity contribution in [3.05, 3.63) is 0 Å². The lowest BCUT2D eigenvalue weighted by atomic mass is 9.44. The van der Waals surface area contributed by atoms with Crippen molar-refractivity contribution in [3.8, 4) is 6.07 Å². The minimum atomic E-state index is -0.721. The maximum atomic E-state index is 11.2. The molecule has 4 aliphatic carbocycles. The Labute approximate surface area is 141 Å². The van der Waals surface area contributed by atoms with Crippen molar-refractivity contribution in [3.63, 3.8) is 0 Å². The van der Waals surface area contributed by atoms with Crippen LogP contribution in [0, 0.1) is 45.8 Å². The highest BCUT2D eigenvalue weighted by Crippen LogP contribution is 2.68. The van der Waals surface area contributed by atoms with Gasteiger partial charge in [-0.2, -0.15) is 5.26 Å². The molecule has 2 heteroatoms. The van der Waals surface area contributed by atoms with Crippen LogP contribution in [-0.2, 0) is 0 Å². The summed E-state index contributed by atoms with van der Waals surface area (Å²) in [6, 6.07) is 2.28. The molecule has 2 nitrogen and oxygen atoms in total. The quantitative estimate of drug-likeness (QED) is 0.734. The summed E-state index contributed by atoms with van der Waals surface area (Å²) in [5.41, 5.74) is -0.165. The average molecular weight is 316 g/mol. The summed E-state index contributed by atoms with van der Waals surface area (Å²) in [7, 11) is 0. The van der Waals surface area contributed by atoms with Crippen LogP contribution < -0.4 is 0 Å². The Kier molecular flexibility index (Phi) is 3.62. The molecule has 0 bridgehead atoms. The fourth-order valence-corrected chi connectivity index (χ4v) is 7.83. The summed E-state index contributed by atoms with van der Waals surface area (Å²) < 4.78 is 0. The zero-order valence-corrected chi connectivity index (χ0v) is 15.0. The number of nitrogens with zero attached hydrogens (tertiary/aromatic N) is 1. The van der Waals surface area contributed by atoms with Crippen LogP contribution in [0.4, 0.5) is 0 Å². The molecule has 128 valence electrons. The van der Waals surface area contributed by atoms with Crippen molar-refractivity contribution in [2.75, 3.05) is 0 Å². The standard InChI is InChI=1S/C21H33NO/c1-19-10-4-3-5-15(19)6-7-16-17(19)8-11-20(2)18(16)9-12-21(20,23)13-14-22/h15-18,23H,3-13H2,1-2H3/t15-,16-,17+,18-,19-,20-,21+/m1/s1. The molecular formula is C21H33NO. The van der Waals surface area contributed by atoms with Crippen molar-refractivity contribution in [2.45, 2.75) is 90.1 Å². The Hall–Kier alpha value is -0.550. The topological polar surface area (TPSA) is 44.0 Å². The van der Waals surface area contributed by atoms with Crippen LogP contribution >= 0.6 is 0 Å². The lowest BCUT2D eigenvalue weighted by molar-refractivity contribution is -0.149. The predicted octanol–water partition coefficient (Wildman–Crippen LogP) is 5.06. The summed E-state index contributed by atoms with van der Waals surface area (Å²) in [6.45, 7) is 4.92. The molecule has 23 heavy (non-hydrogen) atoms. The Morgan fingerprint density at radius 2 is 1.74 bits per heavy atom. The summed E-state index contributed by atoms with van der Waals surface area (Å²) in [5, 5.41) is 20.4. The molecule has 0 radical (unpaired) electrons. The van der Waals surface area contributed by atoms with Gasteiger partial charge in [-0.3, -0.25) is 0 Å². The second-order valence-corrected chi connectivity index (χ2v) is 9.76. The van der Waals surface area contributed by atoms with Crippen LogP contribution in [0.3, 0.4) is 0 Å². The fourth-order valence-electron chi connectivity index (χ4n) is 7.83. The minimum Gasteiger partial charge on any atom is -0.388 e. The van der Waals surface area contributed by atoms with Gasteiger partial charge in [-0.15, -0.1) is 0 Å². The molecule has 0 aromatic heterocycles. The SMILES string of the molecule is C[C@@]12CCCC[C@@H]1CC[C@H]1[C@H]3CC[C@](O)(CC#N)[C@]3(C)CC[C@@H]12. The molecular weight excluding hydrogens is 282 g/mol. The van der Waals surface area contributed by atoms with Crippen LogP contribution in [0.5, 0.6) is 0 Å². The van der Waals surface area contributed by atoms with Crippen molar-refractivity contribution >= 4 is 0 Å². The zero-order valence-electron chi connectivity index (χ0n) is 15.0. The Morgan fingerprint density at radius 3 is 2.52 bits per heavy atom. The number of hydrogen-bond donors (Lipinski definition) is 1. The van der Waals surface area contributed by atoms with Gasteiger partial charge in [0.25, 0.3) is 0 Å². The normalized spacial score (nSPS) is 55.4. The highest BCUT2D eigenvalue weighted by atomic mass is 16.3. The van der Waals surface area contributed by atoms with Gasteiger partial charge in [0.05, 0.1) is 18.1 Å². The van der Waals surface area contributed by atoms with Crippen LogP contribution in [0.15, 0.2) is 0 Å². The largest absolute Gasteiger partial charge is 0.388 e. The molecule has 0 amide bonds. The van der Waals surface area contributed by atoms with E-state index >= 15 is 0 Å². The highest BCUT2D eigenvalue weighted by Gasteiger charge is 2.64. The molecule has 4 aliphatic rings. The maximum absolute atomic E-state index is 11.2. The first kappa shape index (κ1) is 15.9. The second-order valence-electron chi connectivity index (χ2n) is 9.76. The van der Waals surface area contributed by atoms with Gasteiger partial charge in [0.1, 0.15) is 0 Å². The van der Waals surface area contributed by atoms with Gasteiger partial charge >= 0.3 is 0 Å². The third-order valence-corrected chi connectivity index (χ3v) is 9.28.